The first-order chi connectivity index (χ1) is 9.62. The Balaban J connectivity index is 1.37. The molecule has 5 fully saturated rings. The van der Waals surface area contributed by atoms with Crippen LogP contribution in [0.15, 0.2) is 0 Å². The van der Waals surface area contributed by atoms with Gasteiger partial charge in [0.2, 0.25) is 11.8 Å². The topological polar surface area (TPSA) is 58.2 Å². The molecule has 4 heteroatoms. The number of hydrogen-bond donors (Lipinski definition) is 2. The molecule has 0 spiro atoms. The highest BCUT2D eigenvalue weighted by Gasteiger charge is 2.50. The first-order valence-corrected chi connectivity index (χ1v) is 8.19. The third kappa shape index (κ3) is 2.13. The normalized spacial score (nSPS) is 45.5. The molecule has 1 unspecified atom stereocenters. The van der Waals surface area contributed by atoms with E-state index in [9.17, 15) is 9.59 Å². The minimum absolute atomic E-state index is 0.0138. The summed E-state index contributed by atoms with van der Waals surface area (Å²) in [7, 11) is 0. The van der Waals surface area contributed by atoms with Gasteiger partial charge < -0.3 is 10.6 Å². The van der Waals surface area contributed by atoms with Crippen molar-refractivity contribution in [2.75, 3.05) is 6.54 Å². The number of carbonyl (C=O) groups is 2. The Hall–Kier alpha value is -1.06. The average Bonchev–Trinajstić information content (AvgIpc) is 2.81. The van der Waals surface area contributed by atoms with E-state index in [-0.39, 0.29) is 17.9 Å². The van der Waals surface area contributed by atoms with Crippen LogP contribution in [0.25, 0.3) is 0 Å². The van der Waals surface area contributed by atoms with Crippen molar-refractivity contribution in [1.29, 1.82) is 0 Å². The van der Waals surface area contributed by atoms with Crippen LogP contribution in [0.2, 0.25) is 0 Å². The molecule has 0 radical (unpaired) electrons. The zero-order valence-corrected chi connectivity index (χ0v) is 12.0. The molecule has 2 amide bonds. The van der Waals surface area contributed by atoms with Crippen molar-refractivity contribution >= 4 is 11.8 Å². The summed E-state index contributed by atoms with van der Waals surface area (Å²) in [6, 6.07) is -0.281. The number of amides is 2. The van der Waals surface area contributed by atoms with Gasteiger partial charge in [-0.05, 0) is 68.1 Å². The highest BCUT2D eigenvalue weighted by Crippen LogP contribution is 2.59. The lowest BCUT2D eigenvalue weighted by atomic mass is 9.49. The molecule has 4 saturated carbocycles. The largest absolute Gasteiger partial charge is 0.354 e. The van der Waals surface area contributed by atoms with Crippen LogP contribution in [0.4, 0.5) is 0 Å². The number of carbonyl (C=O) groups excluding carboxylic acids is 2. The maximum atomic E-state index is 12.2. The second-order valence-electron chi connectivity index (χ2n) is 7.79. The van der Waals surface area contributed by atoms with Crippen molar-refractivity contribution in [2.24, 2.45) is 23.2 Å². The maximum Gasteiger partial charge on any atom is 0.242 e. The molecule has 4 bridgehead atoms. The molecule has 110 valence electrons. The van der Waals surface area contributed by atoms with E-state index in [4.69, 9.17) is 0 Å². The number of hydrogen-bond acceptors (Lipinski definition) is 2. The molecule has 5 rings (SSSR count). The first kappa shape index (κ1) is 12.7. The number of nitrogens with one attached hydrogen (secondary N) is 2. The molecule has 1 atom stereocenters. The summed E-state index contributed by atoms with van der Waals surface area (Å²) in [5.74, 6) is 2.81. The molecule has 1 aliphatic heterocycles. The standard InChI is InChI=1S/C16H24N2O2/c19-14-2-1-13(18-14)15(20)17-9-16-6-10-3-11(7-16)5-12(4-10)8-16/h10-13H,1-9H2,(H,17,20)(H,18,19). The molecule has 5 aliphatic rings. The third-order valence-corrected chi connectivity index (χ3v) is 6.11. The molecule has 1 saturated heterocycles. The van der Waals surface area contributed by atoms with Gasteiger partial charge in [-0.1, -0.05) is 0 Å². The highest BCUT2D eigenvalue weighted by atomic mass is 16.2. The Kier molecular flexibility index (Phi) is 2.83. The van der Waals surface area contributed by atoms with E-state index in [1.54, 1.807) is 0 Å². The van der Waals surface area contributed by atoms with Gasteiger partial charge in [0, 0.05) is 13.0 Å². The number of rotatable bonds is 3. The van der Waals surface area contributed by atoms with E-state index in [0.717, 1.165) is 24.3 Å². The fourth-order valence-corrected chi connectivity index (χ4v) is 5.72. The monoisotopic (exact) mass is 276 g/mol. The van der Waals surface area contributed by atoms with Gasteiger partial charge in [0.05, 0.1) is 0 Å². The molecule has 0 aromatic carbocycles. The molecule has 2 N–H and O–H groups in total. The summed E-state index contributed by atoms with van der Waals surface area (Å²) < 4.78 is 0. The van der Waals surface area contributed by atoms with Crippen LogP contribution in [0.3, 0.4) is 0 Å². The maximum absolute atomic E-state index is 12.2. The summed E-state index contributed by atoms with van der Waals surface area (Å²) in [6.07, 6.45) is 9.41. The van der Waals surface area contributed by atoms with Crippen molar-refractivity contribution < 1.29 is 9.59 Å². The minimum Gasteiger partial charge on any atom is -0.354 e. The lowest BCUT2D eigenvalue weighted by Gasteiger charge is -2.57. The fourth-order valence-electron chi connectivity index (χ4n) is 5.72. The van der Waals surface area contributed by atoms with Gasteiger partial charge in [0.25, 0.3) is 0 Å². The molecule has 20 heavy (non-hydrogen) atoms. The lowest BCUT2D eigenvalue weighted by molar-refractivity contribution is -0.127. The Morgan fingerprint density at radius 3 is 2.25 bits per heavy atom. The Labute approximate surface area is 120 Å². The van der Waals surface area contributed by atoms with Crippen molar-refractivity contribution in [1.82, 2.24) is 10.6 Å². The molecule has 0 aromatic rings. The van der Waals surface area contributed by atoms with E-state index in [1.807, 2.05) is 0 Å². The molecule has 0 aromatic heterocycles. The Morgan fingerprint density at radius 1 is 1.15 bits per heavy atom. The van der Waals surface area contributed by atoms with E-state index in [0.29, 0.717) is 18.3 Å². The molecule has 1 heterocycles. The van der Waals surface area contributed by atoms with E-state index < -0.39 is 0 Å². The van der Waals surface area contributed by atoms with Gasteiger partial charge >= 0.3 is 0 Å². The van der Waals surface area contributed by atoms with Crippen LogP contribution in [0, 0.1) is 23.2 Å². The first-order valence-electron chi connectivity index (χ1n) is 8.19. The summed E-state index contributed by atoms with van der Waals surface area (Å²) in [5, 5.41) is 5.91. The van der Waals surface area contributed by atoms with Crippen molar-refractivity contribution in [3.8, 4) is 0 Å². The van der Waals surface area contributed by atoms with Crippen molar-refractivity contribution in [3.63, 3.8) is 0 Å². The van der Waals surface area contributed by atoms with E-state index >= 15 is 0 Å². The fraction of sp³-hybridized carbons (Fsp3) is 0.875. The Bertz CT molecular complexity index is 410. The lowest BCUT2D eigenvalue weighted by Crippen LogP contribution is -2.53. The van der Waals surface area contributed by atoms with Gasteiger partial charge in [0.15, 0.2) is 0 Å². The van der Waals surface area contributed by atoms with Gasteiger partial charge in [-0.15, -0.1) is 0 Å². The minimum atomic E-state index is -0.281. The van der Waals surface area contributed by atoms with Crippen LogP contribution in [0.5, 0.6) is 0 Å². The van der Waals surface area contributed by atoms with E-state index in [2.05, 4.69) is 10.6 Å². The van der Waals surface area contributed by atoms with Gasteiger partial charge in [0.1, 0.15) is 6.04 Å². The molecular weight excluding hydrogens is 252 g/mol. The van der Waals surface area contributed by atoms with Crippen LogP contribution in [-0.2, 0) is 9.59 Å². The van der Waals surface area contributed by atoms with Crippen molar-refractivity contribution in [3.05, 3.63) is 0 Å². The summed E-state index contributed by atoms with van der Waals surface area (Å²) in [4.78, 5) is 23.4. The van der Waals surface area contributed by atoms with Crippen molar-refractivity contribution in [2.45, 2.75) is 57.4 Å². The van der Waals surface area contributed by atoms with Crippen LogP contribution < -0.4 is 10.6 Å². The summed E-state index contributed by atoms with van der Waals surface area (Å²) in [6.45, 7) is 0.835. The predicted octanol–water partition coefficient (Wildman–Crippen LogP) is 1.60. The zero-order valence-electron chi connectivity index (χ0n) is 12.0. The highest BCUT2D eigenvalue weighted by molar-refractivity contribution is 5.90. The SMILES string of the molecule is O=C1CCC(C(=O)NCC23CC4CC(CC(C4)C2)C3)N1. The average molecular weight is 276 g/mol. The molecular formula is C16H24N2O2. The third-order valence-electron chi connectivity index (χ3n) is 6.11. The zero-order chi connectivity index (χ0) is 13.7. The quantitative estimate of drug-likeness (QED) is 0.822. The summed E-state index contributed by atoms with van der Waals surface area (Å²) in [5.41, 5.74) is 0.382. The smallest absolute Gasteiger partial charge is 0.242 e. The van der Waals surface area contributed by atoms with E-state index in [1.165, 1.54) is 38.5 Å². The second kappa shape index (κ2) is 4.47. The predicted molar refractivity (Wildman–Crippen MR) is 74.8 cm³/mol. The molecule has 4 aliphatic carbocycles. The second-order valence-corrected chi connectivity index (χ2v) is 7.79. The van der Waals surface area contributed by atoms with Gasteiger partial charge in [-0.3, -0.25) is 9.59 Å². The van der Waals surface area contributed by atoms with Crippen LogP contribution in [-0.4, -0.2) is 24.4 Å². The van der Waals surface area contributed by atoms with Crippen LogP contribution in [0.1, 0.15) is 51.4 Å². The van der Waals surface area contributed by atoms with Crippen LogP contribution >= 0.6 is 0 Å². The summed E-state index contributed by atoms with van der Waals surface area (Å²) >= 11 is 0. The van der Waals surface area contributed by atoms with Gasteiger partial charge in [-0.2, -0.15) is 0 Å². The molecule has 4 nitrogen and oxygen atoms in total. The van der Waals surface area contributed by atoms with Gasteiger partial charge in [-0.25, -0.2) is 0 Å². The Morgan fingerprint density at radius 2 is 1.75 bits per heavy atom.